The monoisotopic (exact) mass is 260 g/mol. The van der Waals surface area contributed by atoms with Gasteiger partial charge in [-0.05, 0) is 17.7 Å². The summed E-state index contributed by atoms with van der Waals surface area (Å²) in [7, 11) is 0. The van der Waals surface area contributed by atoms with Gasteiger partial charge in [-0.25, -0.2) is 4.39 Å². The van der Waals surface area contributed by atoms with E-state index in [9.17, 15) is 9.18 Å². The van der Waals surface area contributed by atoms with Gasteiger partial charge in [0.1, 0.15) is 5.82 Å². The van der Waals surface area contributed by atoms with Gasteiger partial charge < -0.3 is 11.5 Å². The Bertz CT molecular complexity index is 357. The maximum absolute atomic E-state index is 12.7. The largest absolute Gasteiger partial charge is 0.370 e. The minimum Gasteiger partial charge on any atom is -0.370 e. The van der Waals surface area contributed by atoms with Crippen LogP contribution < -0.4 is 11.5 Å². The molecular formula is C9H10BrFN2O. The van der Waals surface area contributed by atoms with E-state index in [0.29, 0.717) is 10.0 Å². The van der Waals surface area contributed by atoms with Crippen LogP contribution in [0.5, 0.6) is 0 Å². The van der Waals surface area contributed by atoms with Crippen LogP contribution >= 0.6 is 15.9 Å². The fourth-order valence-electron chi connectivity index (χ4n) is 1.13. The van der Waals surface area contributed by atoms with Crippen LogP contribution in [0.25, 0.3) is 0 Å². The molecule has 1 rings (SSSR count). The summed E-state index contributed by atoms with van der Waals surface area (Å²) < 4.78 is 13.3. The van der Waals surface area contributed by atoms with Crippen molar-refractivity contribution in [2.24, 2.45) is 11.5 Å². The second kappa shape index (κ2) is 4.52. The Kier molecular flexibility index (Phi) is 3.60. The van der Waals surface area contributed by atoms with Crippen molar-refractivity contribution in [1.29, 1.82) is 0 Å². The molecule has 1 aromatic carbocycles. The number of carbonyl (C=O) groups is 1. The lowest BCUT2D eigenvalue weighted by molar-refractivity contribution is -0.118. The Balaban J connectivity index is 2.90. The Hall–Kier alpha value is -0.940. The van der Waals surface area contributed by atoms with Crippen molar-refractivity contribution in [3.8, 4) is 0 Å². The van der Waals surface area contributed by atoms with E-state index in [1.54, 1.807) is 0 Å². The van der Waals surface area contributed by atoms with Gasteiger partial charge in [0.2, 0.25) is 5.91 Å². The minimum absolute atomic E-state index is 0.0459. The summed E-state index contributed by atoms with van der Waals surface area (Å²) in [6, 6.07) is 3.63. The second-order valence-corrected chi connectivity index (χ2v) is 3.80. The van der Waals surface area contributed by atoms with Crippen molar-refractivity contribution in [2.75, 3.05) is 0 Å². The van der Waals surface area contributed by atoms with E-state index in [0.717, 1.165) is 0 Å². The van der Waals surface area contributed by atoms with Gasteiger partial charge in [0.25, 0.3) is 0 Å². The van der Waals surface area contributed by atoms with Crippen LogP contribution in [-0.2, 0) is 4.79 Å². The number of amides is 1. The number of nitrogens with two attached hydrogens (primary N) is 2. The highest BCUT2D eigenvalue weighted by molar-refractivity contribution is 9.10. The Morgan fingerprint density at radius 2 is 2.21 bits per heavy atom. The number of rotatable bonds is 3. The van der Waals surface area contributed by atoms with Crippen LogP contribution in [0.3, 0.4) is 0 Å². The van der Waals surface area contributed by atoms with Gasteiger partial charge in [-0.15, -0.1) is 0 Å². The SMILES string of the molecule is NC(=O)CC(N)c1ccc(F)cc1Br. The van der Waals surface area contributed by atoms with Crippen molar-refractivity contribution in [3.05, 3.63) is 34.1 Å². The number of halogens is 2. The molecule has 4 N–H and O–H groups in total. The summed E-state index contributed by atoms with van der Waals surface area (Å²) in [5.41, 5.74) is 11.4. The maximum atomic E-state index is 12.7. The molecule has 14 heavy (non-hydrogen) atoms. The zero-order valence-corrected chi connectivity index (χ0v) is 8.92. The van der Waals surface area contributed by atoms with Crippen LogP contribution in [0.1, 0.15) is 18.0 Å². The Morgan fingerprint density at radius 3 is 2.71 bits per heavy atom. The number of carbonyl (C=O) groups excluding carboxylic acids is 1. The normalized spacial score (nSPS) is 12.5. The summed E-state index contributed by atoms with van der Waals surface area (Å²) in [5.74, 6) is -0.833. The molecule has 5 heteroatoms. The molecule has 0 saturated heterocycles. The maximum Gasteiger partial charge on any atom is 0.219 e. The molecule has 0 aliphatic rings. The van der Waals surface area contributed by atoms with Crippen LogP contribution in [0, 0.1) is 5.82 Å². The number of hydrogen-bond acceptors (Lipinski definition) is 2. The number of primary amides is 1. The number of benzene rings is 1. The van der Waals surface area contributed by atoms with Crippen molar-refractivity contribution in [1.82, 2.24) is 0 Å². The lowest BCUT2D eigenvalue weighted by atomic mass is 10.0. The first-order valence-electron chi connectivity index (χ1n) is 3.99. The van der Waals surface area contributed by atoms with Crippen LogP contribution in [0.4, 0.5) is 4.39 Å². The molecule has 0 bridgehead atoms. The summed E-state index contributed by atoms with van der Waals surface area (Å²) >= 11 is 3.17. The molecule has 1 amide bonds. The third kappa shape index (κ3) is 2.78. The first-order valence-corrected chi connectivity index (χ1v) is 4.79. The Morgan fingerprint density at radius 1 is 1.57 bits per heavy atom. The molecule has 1 atom stereocenters. The van der Waals surface area contributed by atoms with Crippen LogP contribution in [0.2, 0.25) is 0 Å². The molecule has 0 radical (unpaired) electrons. The van der Waals surface area contributed by atoms with E-state index in [2.05, 4.69) is 15.9 Å². The highest BCUT2D eigenvalue weighted by atomic mass is 79.9. The highest BCUT2D eigenvalue weighted by Gasteiger charge is 2.12. The van der Waals surface area contributed by atoms with Crippen molar-refractivity contribution < 1.29 is 9.18 Å². The lowest BCUT2D eigenvalue weighted by Gasteiger charge is -2.11. The molecule has 0 spiro atoms. The average molecular weight is 261 g/mol. The highest BCUT2D eigenvalue weighted by Crippen LogP contribution is 2.24. The third-order valence-corrected chi connectivity index (χ3v) is 2.47. The first-order chi connectivity index (χ1) is 6.50. The number of hydrogen-bond donors (Lipinski definition) is 2. The molecule has 0 aromatic heterocycles. The van der Waals surface area contributed by atoms with E-state index in [1.165, 1.54) is 18.2 Å². The van der Waals surface area contributed by atoms with Crippen LogP contribution in [0.15, 0.2) is 22.7 Å². The third-order valence-electron chi connectivity index (χ3n) is 1.78. The zero-order valence-electron chi connectivity index (χ0n) is 7.34. The second-order valence-electron chi connectivity index (χ2n) is 2.94. The summed E-state index contributed by atoms with van der Waals surface area (Å²) in [5, 5.41) is 0. The first kappa shape index (κ1) is 11.1. The Labute approximate surface area is 89.4 Å². The van der Waals surface area contributed by atoms with Crippen molar-refractivity contribution in [2.45, 2.75) is 12.5 Å². The van der Waals surface area contributed by atoms with Crippen molar-refractivity contribution in [3.63, 3.8) is 0 Å². The molecule has 76 valence electrons. The average Bonchev–Trinajstić information content (AvgIpc) is 2.01. The molecule has 0 aliphatic carbocycles. The van der Waals surface area contributed by atoms with E-state index >= 15 is 0 Å². The fraction of sp³-hybridized carbons (Fsp3) is 0.222. The van der Waals surface area contributed by atoms with Gasteiger partial charge >= 0.3 is 0 Å². The smallest absolute Gasteiger partial charge is 0.219 e. The summed E-state index contributed by atoms with van der Waals surface area (Å²) in [4.78, 5) is 10.6. The fourth-order valence-corrected chi connectivity index (χ4v) is 1.77. The zero-order chi connectivity index (χ0) is 10.7. The molecule has 1 aromatic rings. The van der Waals surface area contributed by atoms with Gasteiger partial charge in [-0.1, -0.05) is 22.0 Å². The van der Waals surface area contributed by atoms with Gasteiger partial charge in [-0.3, -0.25) is 4.79 Å². The van der Waals surface area contributed by atoms with E-state index in [1.807, 2.05) is 0 Å². The summed E-state index contributed by atoms with van der Waals surface area (Å²) in [6.45, 7) is 0. The van der Waals surface area contributed by atoms with Crippen molar-refractivity contribution >= 4 is 21.8 Å². The predicted octanol–water partition coefficient (Wildman–Crippen LogP) is 1.46. The molecule has 3 nitrogen and oxygen atoms in total. The van der Waals surface area contributed by atoms with E-state index in [4.69, 9.17) is 11.5 Å². The molecule has 0 heterocycles. The molecule has 0 saturated carbocycles. The van der Waals surface area contributed by atoms with Gasteiger partial charge in [0.05, 0.1) is 0 Å². The molecule has 0 fully saturated rings. The lowest BCUT2D eigenvalue weighted by Crippen LogP contribution is -2.21. The quantitative estimate of drug-likeness (QED) is 0.864. The predicted molar refractivity (Wildman–Crippen MR) is 54.8 cm³/mol. The van der Waals surface area contributed by atoms with Gasteiger partial charge in [-0.2, -0.15) is 0 Å². The molecule has 0 aliphatic heterocycles. The van der Waals surface area contributed by atoms with Gasteiger partial charge in [0.15, 0.2) is 0 Å². The topological polar surface area (TPSA) is 69.1 Å². The van der Waals surface area contributed by atoms with Crippen LogP contribution in [-0.4, -0.2) is 5.91 Å². The summed E-state index contributed by atoms with van der Waals surface area (Å²) in [6.07, 6.45) is 0.0459. The van der Waals surface area contributed by atoms with E-state index < -0.39 is 11.9 Å². The molecular weight excluding hydrogens is 251 g/mol. The molecule has 1 unspecified atom stereocenters. The minimum atomic E-state index is -0.498. The van der Waals surface area contributed by atoms with E-state index in [-0.39, 0.29) is 12.2 Å². The standard InChI is InChI=1S/C9H10BrFN2O/c10-7-3-5(11)1-2-6(7)8(12)4-9(13)14/h1-3,8H,4,12H2,(H2,13,14). The van der Waals surface area contributed by atoms with Gasteiger partial charge in [0, 0.05) is 16.9 Å².